The smallest absolute Gasteiger partial charge is 0.293 e. The van der Waals surface area contributed by atoms with Gasteiger partial charge in [0.05, 0.1) is 33.8 Å². The molecule has 8 nitrogen and oxygen atoms in total. The molecule has 1 amide bonds. The van der Waals surface area contributed by atoms with Crippen molar-refractivity contribution < 1.29 is 31.5 Å². The van der Waals surface area contributed by atoms with Crippen LogP contribution in [0, 0.1) is 5.82 Å². The van der Waals surface area contributed by atoms with Gasteiger partial charge in [-0.2, -0.15) is 0 Å². The Kier molecular flexibility index (Phi) is 10.0. The van der Waals surface area contributed by atoms with E-state index in [4.69, 9.17) is 32.7 Å². The number of amides is 1. The van der Waals surface area contributed by atoms with Gasteiger partial charge in [0, 0.05) is 36.3 Å². The number of ether oxygens (including phenoxy) is 2. The van der Waals surface area contributed by atoms with Crippen molar-refractivity contribution in [1.82, 2.24) is 9.62 Å². The zero-order valence-corrected chi connectivity index (χ0v) is 24.2. The summed E-state index contributed by atoms with van der Waals surface area (Å²) >= 11 is 14.4. The number of rotatable bonds is 11. The molecule has 2 aliphatic heterocycles. The molecular weight excluding hydrogens is 595 g/mol. The largest absolute Gasteiger partial charge is 0.379 e. The Bertz CT molecular complexity index is 1250. The van der Waals surface area contributed by atoms with Crippen LogP contribution in [0.4, 0.5) is 14.5 Å². The van der Waals surface area contributed by atoms with Gasteiger partial charge in [-0.05, 0) is 56.2 Å². The van der Waals surface area contributed by atoms with E-state index in [-0.39, 0.29) is 40.0 Å². The number of nitrogens with zero attached hydrogens (tertiary/aromatic N) is 1. The van der Waals surface area contributed by atoms with E-state index < -0.39 is 27.9 Å². The molecule has 1 atom stereocenters. The second-order valence-corrected chi connectivity index (χ2v) is 13.0. The number of benzene rings is 2. The Morgan fingerprint density at radius 2 is 1.79 bits per heavy atom. The van der Waals surface area contributed by atoms with Gasteiger partial charge in [-0.25, -0.2) is 21.9 Å². The lowest BCUT2D eigenvalue weighted by molar-refractivity contribution is -0.244. The fourth-order valence-electron chi connectivity index (χ4n) is 4.04. The van der Waals surface area contributed by atoms with Gasteiger partial charge in [-0.15, -0.1) is 11.8 Å². The van der Waals surface area contributed by atoms with E-state index in [0.717, 1.165) is 4.90 Å². The SMILES string of the molecule is CC1(C(=O)NS(=O)(=O)c2cc(Cl)c(N[C@H](CCN3CC(F)C3)CSc3ccc(F)cc3)c(Cl)c2)OCCCO1. The van der Waals surface area contributed by atoms with Gasteiger partial charge in [0.2, 0.25) is 5.79 Å². The van der Waals surface area contributed by atoms with Crippen molar-refractivity contribution in [2.45, 2.75) is 47.6 Å². The van der Waals surface area contributed by atoms with E-state index in [1.165, 1.54) is 43.0 Å². The summed E-state index contributed by atoms with van der Waals surface area (Å²) in [5, 5.41) is 3.36. The first-order valence-corrected chi connectivity index (χ1v) is 15.5. The van der Waals surface area contributed by atoms with Crippen molar-refractivity contribution in [3.05, 3.63) is 52.3 Å². The fraction of sp³-hybridized carbons (Fsp3) is 0.480. The van der Waals surface area contributed by atoms with Crippen LogP contribution in [0.3, 0.4) is 0 Å². The highest BCUT2D eigenvalue weighted by atomic mass is 35.5. The third-order valence-electron chi connectivity index (χ3n) is 6.33. The van der Waals surface area contributed by atoms with Gasteiger partial charge in [-0.1, -0.05) is 23.2 Å². The molecule has 2 saturated heterocycles. The molecule has 2 aromatic carbocycles. The molecule has 0 unspecified atom stereocenters. The molecule has 2 aromatic rings. The number of alkyl halides is 1. The van der Waals surface area contributed by atoms with Crippen LogP contribution in [0.1, 0.15) is 19.8 Å². The maximum atomic E-state index is 13.3. The van der Waals surface area contributed by atoms with Crippen LogP contribution in [-0.2, 0) is 24.3 Å². The Balaban J connectivity index is 1.47. The maximum Gasteiger partial charge on any atom is 0.293 e. The summed E-state index contributed by atoms with van der Waals surface area (Å²) in [4.78, 5) is 15.2. The molecule has 39 heavy (non-hydrogen) atoms. The highest BCUT2D eigenvalue weighted by molar-refractivity contribution is 7.99. The number of anilines is 1. The van der Waals surface area contributed by atoms with Crippen molar-refractivity contribution in [3.63, 3.8) is 0 Å². The third-order valence-corrected chi connectivity index (χ3v) is 9.41. The standard InChI is InChI=1S/C25H29Cl2F2N3O5S2/c1-25(36-9-2-10-37-25)24(33)31-39(34,35)20-11-21(26)23(22(27)12-20)30-18(7-8-32-13-17(29)14-32)15-38-19-5-3-16(28)4-6-19/h3-6,11-12,17-18,30H,2,7-10,13-15H2,1H3,(H,31,33)/t18-/m1/s1. The first-order valence-electron chi connectivity index (χ1n) is 12.3. The summed E-state index contributed by atoms with van der Waals surface area (Å²) in [6.07, 6.45) is 0.401. The van der Waals surface area contributed by atoms with E-state index in [1.54, 1.807) is 12.1 Å². The van der Waals surface area contributed by atoms with Gasteiger partial charge < -0.3 is 14.8 Å². The van der Waals surface area contributed by atoms with Crippen LogP contribution >= 0.6 is 35.0 Å². The molecule has 0 bridgehead atoms. The van der Waals surface area contributed by atoms with Gasteiger partial charge in [0.25, 0.3) is 15.9 Å². The molecule has 2 heterocycles. The fourth-order valence-corrected chi connectivity index (χ4v) is 6.83. The van der Waals surface area contributed by atoms with Crippen LogP contribution in [0.5, 0.6) is 0 Å². The van der Waals surface area contributed by atoms with Gasteiger partial charge in [0.15, 0.2) is 0 Å². The molecule has 4 rings (SSSR count). The molecular formula is C25H29Cl2F2N3O5S2. The highest BCUT2D eigenvalue weighted by Crippen LogP contribution is 2.35. The van der Waals surface area contributed by atoms with Gasteiger partial charge in [0.1, 0.15) is 12.0 Å². The molecule has 0 radical (unpaired) electrons. The Labute approximate surface area is 240 Å². The number of nitrogens with one attached hydrogen (secondary N) is 2. The van der Waals surface area contributed by atoms with Crippen molar-refractivity contribution in [1.29, 1.82) is 0 Å². The lowest BCUT2D eigenvalue weighted by Crippen LogP contribution is -2.52. The summed E-state index contributed by atoms with van der Waals surface area (Å²) in [5.74, 6) is -2.46. The van der Waals surface area contributed by atoms with Crippen molar-refractivity contribution in [2.75, 3.05) is 43.9 Å². The molecule has 2 aliphatic rings. The van der Waals surface area contributed by atoms with Crippen LogP contribution in [-0.4, -0.2) is 75.8 Å². The predicted octanol–water partition coefficient (Wildman–Crippen LogP) is 4.71. The normalized spacial score (nSPS) is 18.8. The van der Waals surface area contributed by atoms with Crippen molar-refractivity contribution in [2.24, 2.45) is 0 Å². The average Bonchev–Trinajstić information content (AvgIpc) is 2.87. The molecule has 0 aliphatic carbocycles. The minimum atomic E-state index is -4.34. The Morgan fingerprint density at radius 1 is 1.18 bits per heavy atom. The summed E-state index contributed by atoms with van der Waals surface area (Å²) in [6.45, 7) is 3.27. The molecule has 2 fully saturated rings. The number of halogens is 4. The number of hydrogen-bond donors (Lipinski definition) is 2. The predicted molar refractivity (Wildman–Crippen MR) is 147 cm³/mol. The molecule has 0 spiro atoms. The number of hydrogen-bond acceptors (Lipinski definition) is 8. The number of carbonyl (C=O) groups excluding carboxylic acids is 1. The van der Waals surface area contributed by atoms with E-state index in [1.807, 2.05) is 9.62 Å². The maximum absolute atomic E-state index is 13.3. The van der Waals surface area contributed by atoms with E-state index in [9.17, 15) is 22.0 Å². The topological polar surface area (TPSA) is 97.0 Å². The summed E-state index contributed by atoms with van der Waals surface area (Å²) in [7, 11) is -4.34. The second-order valence-electron chi connectivity index (χ2n) is 9.44. The molecule has 214 valence electrons. The van der Waals surface area contributed by atoms with Crippen LogP contribution < -0.4 is 10.0 Å². The molecule has 0 aromatic heterocycles. The van der Waals surface area contributed by atoms with Crippen LogP contribution in [0.15, 0.2) is 46.2 Å². The first kappa shape index (κ1) is 30.3. The third kappa shape index (κ3) is 7.96. The van der Waals surface area contributed by atoms with Crippen LogP contribution in [0.2, 0.25) is 10.0 Å². The summed E-state index contributed by atoms with van der Waals surface area (Å²) in [5.41, 5.74) is 0.325. The molecule has 14 heteroatoms. The van der Waals surface area contributed by atoms with Gasteiger partial charge in [-0.3, -0.25) is 9.69 Å². The number of sulfonamides is 1. The van der Waals surface area contributed by atoms with Crippen molar-refractivity contribution in [3.8, 4) is 0 Å². The highest BCUT2D eigenvalue weighted by Gasteiger charge is 2.40. The number of thioether (sulfide) groups is 1. The van der Waals surface area contributed by atoms with Crippen LogP contribution in [0.25, 0.3) is 0 Å². The lowest BCUT2D eigenvalue weighted by Gasteiger charge is -2.35. The van der Waals surface area contributed by atoms with Gasteiger partial charge >= 0.3 is 0 Å². The molecule has 0 saturated carbocycles. The Hall–Kier alpha value is -1.67. The summed E-state index contributed by atoms with van der Waals surface area (Å²) < 4.78 is 65.1. The minimum absolute atomic E-state index is 0.0382. The van der Waals surface area contributed by atoms with E-state index in [2.05, 4.69) is 5.32 Å². The first-order chi connectivity index (χ1) is 18.4. The van der Waals surface area contributed by atoms with Crippen molar-refractivity contribution >= 4 is 56.6 Å². The number of carbonyl (C=O) groups is 1. The second kappa shape index (κ2) is 12.9. The molecule has 2 N–H and O–H groups in total. The zero-order valence-electron chi connectivity index (χ0n) is 21.1. The number of likely N-dealkylation sites (tertiary alicyclic amines) is 1. The van der Waals surface area contributed by atoms with E-state index >= 15 is 0 Å². The quantitative estimate of drug-likeness (QED) is 0.348. The monoisotopic (exact) mass is 623 g/mol. The summed E-state index contributed by atoms with van der Waals surface area (Å²) in [6, 6.07) is 8.33. The van der Waals surface area contributed by atoms with E-state index in [0.29, 0.717) is 43.9 Å². The Morgan fingerprint density at radius 3 is 2.38 bits per heavy atom. The zero-order chi connectivity index (χ0) is 28.2. The lowest BCUT2D eigenvalue weighted by atomic mass is 10.1. The minimum Gasteiger partial charge on any atom is -0.379 e. The average molecular weight is 625 g/mol.